The minimum atomic E-state index is -0.0408. The van der Waals surface area contributed by atoms with Crippen LogP contribution in [-0.2, 0) is 9.53 Å². The Bertz CT molecular complexity index is 590. The molecule has 2 amide bonds. The fourth-order valence-electron chi connectivity index (χ4n) is 3.31. The second-order valence-electron chi connectivity index (χ2n) is 5.92. The number of likely N-dealkylation sites (tertiary alicyclic amines) is 1. The highest BCUT2D eigenvalue weighted by atomic mass is 16.5. The number of hydrogen-bond acceptors (Lipinski definition) is 4. The predicted octanol–water partition coefficient (Wildman–Crippen LogP) is 0.852. The van der Waals surface area contributed by atoms with Crippen molar-refractivity contribution in [3.63, 3.8) is 0 Å². The first-order valence-electron chi connectivity index (χ1n) is 7.66. The number of piperidine rings is 1. The Morgan fingerprint density at radius 1 is 1.36 bits per heavy atom. The summed E-state index contributed by atoms with van der Waals surface area (Å²) in [6, 6.07) is 1.80. The molecule has 0 radical (unpaired) electrons. The zero-order chi connectivity index (χ0) is 15.7. The van der Waals surface area contributed by atoms with Gasteiger partial charge in [0.25, 0.3) is 5.91 Å². The standard InChI is InChI=1S/C16H21N3O3/c1-11-3-5-17-9-13(11)16(21)18-6-4-15-14(10-18)19(12(2)20)7-8-22-15/h3,5,9,14-15H,4,6-8,10H2,1-2H3/t14-,15-/m0/s1. The third-order valence-electron chi connectivity index (χ3n) is 4.55. The van der Waals surface area contributed by atoms with Gasteiger partial charge in [-0.05, 0) is 25.0 Å². The highest BCUT2D eigenvalue weighted by molar-refractivity contribution is 5.95. The topological polar surface area (TPSA) is 62.7 Å². The first-order chi connectivity index (χ1) is 10.6. The second kappa shape index (κ2) is 6.04. The molecule has 0 bridgehead atoms. The molecular weight excluding hydrogens is 282 g/mol. The van der Waals surface area contributed by atoms with Gasteiger partial charge in [0.1, 0.15) is 0 Å². The zero-order valence-corrected chi connectivity index (χ0v) is 13.0. The normalized spacial score (nSPS) is 24.8. The lowest BCUT2D eigenvalue weighted by Gasteiger charge is -2.46. The Kier molecular flexibility index (Phi) is 4.11. The van der Waals surface area contributed by atoms with Crippen molar-refractivity contribution in [1.82, 2.24) is 14.8 Å². The first kappa shape index (κ1) is 15.0. The maximum atomic E-state index is 12.7. The van der Waals surface area contributed by atoms with Gasteiger partial charge < -0.3 is 14.5 Å². The summed E-state index contributed by atoms with van der Waals surface area (Å²) >= 11 is 0. The van der Waals surface area contributed by atoms with Gasteiger partial charge in [-0.1, -0.05) is 0 Å². The molecule has 3 heterocycles. The average molecular weight is 303 g/mol. The molecule has 2 saturated heterocycles. The van der Waals surface area contributed by atoms with Crippen LogP contribution in [-0.4, -0.2) is 65.0 Å². The lowest BCUT2D eigenvalue weighted by atomic mass is 9.97. The summed E-state index contributed by atoms with van der Waals surface area (Å²) < 4.78 is 5.78. The van der Waals surface area contributed by atoms with Gasteiger partial charge in [-0.3, -0.25) is 14.6 Å². The molecule has 2 aliphatic heterocycles. The summed E-state index contributed by atoms with van der Waals surface area (Å²) in [6.45, 7) is 5.85. The molecule has 2 aliphatic rings. The van der Waals surface area contributed by atoms with Crippen LogP contribution in [0.5, 0.6) is 0 Å². The molecule has 0 saturated carbocycles. The van der Waals surface area contributed by atoms with E-state index in [1.165, 1.54) is 0 Å². The molecule has 22 heavy (non-hydrogen) atoms. The number of rotatable bonds is 1. The SMILES string of the molecule is CC(=O)N1CCO[C@H]2CCN(C(=O)c3cnccc3C)C[C@@H]21. The number of aromatic nitrogens is 1. The molecule has 0 unspecified atom stereocenters. The Labute approximate surface area is 130 Å². The van der Waals surface area contributed by atoms with Crippen LogP contribution in [0.4, 0.5) is 0 Å². The quantitative estimate of drug-likeness (QED) is 0.772. The molecule has 6 nitrogen and oxygen atoms in total. The highest BCUT2D eigenvalue weighted by Gasteiger charge is 2.39. The van der Waals surface area contributed by atoms with Gasteiger partial charge in [0.05, 0.1) is 24.3 Å². The van der Waals surface area contributed by atoms with E-state index < -0.39 is 0 Å². The molecule has 3 rings (SSSR count). The Hall–Kier alpha value is -1.95. The van der Waals surface area contributed by atoms with E-state index in [0.717, 1.165) is 12.0 Å². The summed E-state index contributed by atoms with van der Waals surface area (Å²) in [5, 5.41) is 0. The van der Waals surface area contributed by atoms with Crippen LogP contribution >= 0.6 is 0 Å². The molecule has 0 aliphatic carbocycles. The number of amides is 2. The second-order valence-corrected chi connectivity index (χ2v) is 5.92. The molecule has 6 heteroatoms. The van der Waals surface area contributed by atoms with E-state index in [1.807, 2.05) is 22.8 Å². The van der Waals surface area contributed by atoms with Crippen LogP contribution in [0.25, 0.3) is 0 Å². The predicted molar refractivity (Wildman–Crippen MR) is 80.4 cm³/mol. The van der Waals surface area contributed by atoms with Crippen molar-refractivity contribution in [2.75, 3.05) is 26.2 Å². The molecular formula is C16H21N3O3. The van der Waals surface area contributed by atoms with E-state index in [1.54, 1.807) is 19.3 Å². The van der Waals surface area contributed by atoms with Crippen LogP contribution in [0.3, 0.4) is 0 Å². The number of hydrogen-bond donors (Lipinski definition) is 0. The van der Waals surface area contributed by atoms with E-state index in [4.69, 9.17) is 4.74 Å². The van der Waals surface area contributed by atoms with Crippen molar-refractivity contribution < 1.29 is 14.3 Å². The number of nitrogens with zero attached hydrogens (tertiary/aromatic N) is 3. The van der Waals surface area contributed by atoms with E-state index >= 15 is 0 Å². The zero-order valence-electron chi connectivity index (χ0n) is 13.0. The number of pyridine rings is 1. The average Bonchev–Trinajstić information content (AvgIpc) is 2.53. The van der Waals surface area contributed by atoms with Gasteiger partial charge in [-0.2, -0.15) is 0 Å². The minimum Gasteiger partial charge on any atom is -0.374 e. The van der Waals surface area contributed by atoms with Gasteiger partial charge in [0.15, 0.2) is 0 Å². The van der Waals surface area contributed by atoms with Crippen molar-refractivity contribution in [2.45, 2.75) is 32.4 Å². The fourth-order valence-corrected chi connectivity index (χ4v) is 3.31. The molecule has 0 N–H and O–H groups in total. The van der Waals surface area contributed by atoms with Gasteiger partial charge >= 0.3 is 0 Å². The summed E-state index contributed by atoms with van der Waals surface area (Å²) in [5.74, 6) is 0.0308. The Balaban J connectivity index is 1.78. The summed E-state index contributed by atoms with van der Waals surface area (Å²) in [4.78, 5) is 32.2. The van der Waals surface area contributed by atoms with Crippen LogP contribution < -0.4 is 0 Å². The van der Waals surface area contributed by atoms with Crippen molar-refractivity contribution in [2.24, 2.45) is 0 Å². The molecule has 0 aromatic carbocycles. The molecule has 1 aromatic heterocycles. The lowest BCUT2D eigenvalue weighted by Crippen LogP contribution is -2.61. The molecule has 1 aromatic rings. The summed E-state index contributed by atoms with van der Waals surface area (Å²) in [7, 11) is 0. The third kappa shape index (κ3) is 2.70. The number of carbonyl (C=O) groups excluding carboxylic acids is 2. The van der Waals surface area contributed by atoms with Crippen molar-refractivity contribution in [3.05, 3.63) is 29.6 Å². The maximum Gasteiger partial charge on any atom is 0.255 e. The summed E-state index contributed by atoms with van der Waals surface area (Å²) in [5.41, 5.74) is 1.55. The highest BCUT2D eigenvalue weighted by Crippen LogP contribution is 2.24. The van der Waals surface area contributed by atoms with E-state index in [-0.39, 0.29) is 24.0 Å². The van der Waals surface area contributed by atoms with Crippen molar-refractivity contribution >= 4 is 11.8 Å². The van der Waals surface area contributed by atoms with E-state index in [2.05, 4.69) is 4.98 Å². The molecule has 118 valence electrons. The van der Waals surface area contributed by atoms with Gasteiger partial charge in [0, 0.05) is 39.0 Å². The maximum absolute atomic E-state index is 12.7. The smallest absolute Gasteiger partial charge is 0.255 e. The number of fused-ring (bicyclic) bond motifs is 1. The minimum absolute atomic E-state index is 0.0156. The summed E-state index contributed by atoms with van der Waals surface area (Å²) in [6.07, 6.45) is 4.10. The molecule has 0 spiro atoms. The number of carbonyl (C=O) groups is 2. The van der Waals surface area contributed by atoms with E-state index in [9.17, 15) is 9.59 Å². The van der Waals surface area contributed by atoms with Crippen LogP contribution in [0, 0.1) is 6.92 Å². The number of ether oxygens (including phenoxy) is 1. The number of morpholine rings is 1. The van der Waals surface area contributed by atoms with Gasteiger partial charge in [-0.15, -0.1) is 0 Å². The van der Waals surface area contributed by atoms with Gasteiger partial charge in [-0.25, -0.2) is 0 Å². The van der Waals surface area contributed by atoms with Crippen LogP contribution in [0.15, 0.2) is 18.5 Å². The number of aryl methyl sites for hydroxylation is 1. The Morgan fingerprint density at radius 2 is 2.18 bits per heavy atom. The van der Waals surface area contributed by atoms with Crippen LogP contribution in [0.2, 0.25) is 0 Å². The monoisotopic (exact) mass is 303 g/mol. The third-order valence-corrected chi connectivity index (χ3v) is 4.55. The largest absolute Gasteiger partial charge is 0.374 e. The van der Waals surface area contributed by atoms with E-state index in [0.29, 0.717) is 31.8 Å². The Morgan fingerprint density at radius 3 is 2.91 bits per heavy atom. The van der Waals surface area contributed by atoms with Crippen LogP contribution in [0.1, 0.15) is 29.3 Å². The molecule has 2 fully saturated rings. The van der Waals surface area contributed by atoms with Gasteiger partial charge in [0.2, 0.25) is 5.91 Å². The van der Waals surface area contributed by atoms with Crippen molar-refractivity contribution in [1.29, 1.82) is 0 Å². The molecule has 2 atom stereocenters. The fraction of sp³-hybridized carbons (Fsp3) is 0.562. The lowest BCUT2D eigenvalue weighted by molar-refractivity contribution is -0.149. The van der Waals surface area contributed by atoms with Crippen molar-refractivity contribution in [3.8, 4) is 0 Å². The first-order valence-corrected chi connectivity index (χ1v) is 7.66.